The summed E-state index contributed by atoms with van der Waals surface area (Å²) in [5.41, 5.74) is 4.02. The molecule has 1 aromatic rings. The lowest BCUT2D eigenvalue weighted by molar-refractivity contribution is -0.121. The Bertz CT molecular complexity index is 506. The molecule has 102 valence electrons. The molecule has 2 rings (SSSR count). The number of hydrazone groups is 1. The van der Waals surface area contributed by atoms with E-state index in [1.165, 1.54) is 0 Å². The first-order chi connectivity index (χ1) is 9.11. The first kappa shape index (κ1) is 14.2. The Kier molecular flexibility index (Phi) is 4.66. The molecule has 1 aliphatic rings. The van der Waals surface area contributed by atoms with Crippen LogP contribution in [0.15, 0.2) is 17.2 Å². The standard InChI is InChI=1S/C13H14Cl2N2O2/c1-2-5-19-13-9(14)6-8(7-10(13)15)11-3-4-12(18)17-16-11/h6-7H,2-5H2,1H3,(H,17,18). The SMILES string of the molecule is CCCOc1c(Cl)cc(C2=NNC(=O)CC2)cc1Cl. The van der Waals surface area contributed by atoms with Crippen LogP contribution < -0.4 is 10.2 Å². The monoisotopic (exact) mass is 300 g/mol. The third-order valence-electron chi connectivity index (χ3n) is 2.69. The van der Waals surface area contributed by atoms with Crippen molar-refractivity contribution in [3.8, 4) is 5.75 Å². The number of benzene rings is 1. The molecule has 0 radical (unpaired) electrons. The van der Waals surface area contributed by atoms with Gasteiger partial charge in [0.05, 0.1) is 22.4 Å². The van der Waals surface area contributed by atoms with Crippen LogP contribution >= 0.6 is 23.2 Å². The Morgan fingerprint density at radius 3 is 2.53 bits per heavy atom. The molecule has 4 nitrogen and oxygen atoms in total. The predicted octanol–water partition coefficient (Wildman–Crippen LogP) is 3.40. The van der Waals surface area contributed by atoms with Crippen molar-refractivity contribution in [2.75, 3.05) is 6.61 Å². The number of carbonyl (C=O) groups is 1. The van der Waals surface area contributed by atoms with E-state index >= 15 is 0 Å². The molecule has 19 heavy (non-hydrogen) atoms. The van der Waals surface area contributed by atoms with Crippen molar-refractivity contribution in [1.29, 1.82) is 0 Å². The molecule has 1 aliphatic heterocycles. The van der Waals surface area contributed by atoms with Crippen LogP contribution in [-0.4, -0.2) is 18.2 Å². The summed E-state index contributed by atoms with van der Waals surface area (Å²) in [6.07, 6.45) is 1.88. The van der Waals surface area contributed by atoms with Crippen LogP contribution in [0.2, 0.25) is 10.0 Å². The van der Waals surface area contributed by atoms with Gasteiger partial charge in [-0.15, -0.1) is 0 Å². The summed E-state index contributed by atoms with van der Waals surface area (Å²) in [7, 11) is 0. The third kappa shape index (κ3) is 3.39. The van der Waals surface area contributed by atoms with Gasteiger partial charge in [0.15, 0.2) is 5.75 Å². The van der Waals surface area contributed by atoms with E-state index in [-0.39, 0.29) is 5.91 Å². The van der Waals surface area contributed by atoms with E-state index in [1.807, 2.05) is 6.92 Å². The van der Waals surface area contributed by atoms with E-state index in [4.69, 9.17) is 27.9 Å². The molecule has 1 aromatic carbocycles. The zero-order valence-corrected chi connectivity index (χ0v) is 12.0. The summed E-state index contributed by atoms with van der Waals surface area (Å²) >= 11 is 12.3. The number of hydrogen-bond donors (Lipinski definition) is 1. The van der Waals surface area contributed by atoms with Crippen molar-refractivity contribution >= 4 is 34.8 Å². The average Bonchev–Trinajstić information content (AvgIpc) is 2.38. The minimum absolute atomic E-state index is 0.0798. The highest BCUT2D eigenvalue weighted by atomic mass is 35.5. The normalized spacial score (nSPS) is 14.9. The number of carbonyl (C=O) groups excluding carboxylic acids is 1. The van der Waals surface area contributed by atoms with Crippen LogP contribution in [0.25, 0.3) is 0 Å². The molecule has 0 unspecified atom stereocenters. The van der Waals surface area contributed by atoms with Gasteiger partial charge in [-0.3, -0.25) is 4.79 Å². The van der Waals surface area contributed by atoms with Crippen LogP contribution in [0.4, 0.5) is 0 Å². The molecule has 1 N–H and O–H groups in total. The van der Waals surface area contributed by atoms with E-state index in [9.17, 15) is 4.79 Å². The number of hydrogen-bond acceptors (Lipinski definition) is 3. The summed E-state index contributed by atoms with van der Waals surface area (Å²) in [4.78, 5) is 11.1. The molecule has 1 amide bonds. The predicted molar refractivity (Wildman–Crippen MR) is 76.2 cm³/mol. The molecule has 6 heteroatoms. The van der Waals surface area contributed by atoms with Crippen molar-refractivity contribution < 1.29 is 9.53 Å². The first-order valence-corrected chi connectivity index (χ1v) is 6.85. The van der Waals surface area contributed by atoms with Gasteiger partial charge >= 0.3 is 0 Å². The van der Waals surface area contributed by atoms with Gasteiger partial charge in [-0.1, -0.05) is 30.1 Å². The minimum atomic E-state index is -0.0798. The van der Waals surface area contributed by atoms with E-state index in [0.717, 1.165) is 17.7 Å². The average molecular weight is 301 g/mol. The summed E-state index contributed by atoms with van der Waals surface area (Å²) in [5.74, 6) is 0.415. The molecule has 0 saturated heterocycles. The summed E-state index contributed by atoms with van der Waals surface area (Å²) < 4.78 is 5.50. The van der Waals surface area contributed by atoms with Crippen molar-refractivity contribution in [2.45, 2.75) is 26.2 Å². The summed E-state index contributed by atoms with van der Waals surface area (Å²) in [6.45, 7) is 2.57. The Labute approximate surface area is 121 Å². The van der Waals surface area contributed by atoms with E-state index in [0.29, 0.717) is 35.2 Å². The van der Waals surface area contributed by atoms with Gasteiger partial charge in [-0.05, 0) is 18.6 Å². The second-order valence-electron chi connectivity index (χ2n) is 4.21. The smallest absolute Gasteiger partial charge is 0.240 e. The van der Waals surface area contributed by atoms with Gasteiger partial charge < -0.3 is 4.74 Å². The number of ether oxygens (including phenoxy) is 1. The maximum Gasteiger partial charge on any atom is 0.240 e. The minimum Gasteiger partial charge on any atom is -0.490 e. The summed E-state index contributed by atoms with van der Waals surface area (Å²) in [5, 5.41) is 4.92. The third-order valence-corrected chi connectivity index (χ3v) is 3.25. The van der Waals surface area contributed by atoms with Crippen LogP contribution in [-0.2, 0) is 4.79 Å². The van der Waals surface area contributed by atoms with Crippen LogP contribution in [0.5, 0.6) is 5.75 Å². The highest BCUT2D eigenvalue weighted by Crippen LogP contribution is 2.35. The van der Waals surface area contributed by atoms with Crippen molar-refractivity contribution in [1.82, 2.24) is 5.43 Å². The molecule has 1 heterocycles. The molecule has 0 spiro atoms. The van der Waals surface area contributed by atoms with Gasteiger partial charge in [0.25, 0.3) is 0 Å². The Hall–Kier alpha value is -1.26. The molecule has 0 fully saturated rings. The molecule has 0 atom stereocenters. The number of rotatable bonds is 4. The highest BCUT2D eigenvalue weighted by Gasteiger charge is 2.17. The first-order valence-electron chi connectivity index (χ1n) is 6.09. The van der Waals surface area contributed by atoms with Crippen molar-refractivity contribution in [2.24, 2.45) is 5.10 Å². The highest BCUT2D eigenvalue weighted by molar-refractivity contribution is 6.37. The van der Waals surface area contributed by atoms with Crippen molar-refractivity contribution in [3.63, 3.8) is 0 Å². The van der Waals surface area contributed by atoms with Gasteiger partial charge in [0.2, 0.25) is 5.91 Å². The van der Waals surface area contributed by atoms with Gasteiger partial charge in [-0.2, -0.15) is 5.10 Å². The lowest BCUT2D eigenvalue weighted by atomic mass is 10.0. The lowest BCUT2D eigenvalue weighted by Crippen LogP contribution is -2.25. The lowest BCUT2D eigenvalue weighted by Gasteiger charge is -2.15. The number of halogens is 2. The molecule has 0 aliphatic carbocycles. The second-order valence-corrected chi connectivity index (χ2v) is 5.03. The fourth-order valence-corrected chi connectivity index (χ4v) is 2.35. The molecule has 0 bridgehead atoms. The fourth-order valence-electron chi connectivity index (χ4n) is 1.75. The maximum atomic E-state index is 11.1. The summed E-state index contributed by atoms with van der Waals surface area (Å²) in [6, 6.07) is 3.52. The number of nitrogens with zero attached hydrogens (tertiary/aromatic N) is 1. The molecular formula is C13H14Cl2N2O2. The van der Waals surface area contributed by atoms with E-state index in [2.05, 4.69) is 10.5 Å². The largest absolute Gasteiger partial charge is 0.490 e. The molecular weight excluding hydrogens is 287 g/mol. The second kappa shape index (κ2) is 6.26. The van der Waals surface area contributed by atoms with Crippen LogP contribution in [0.1, 0.15) is 31.7 Å². The van der Waals surface area contributed by atoms with Crippen LogP contribution in [0.3, 0.4) is 0 Å². The fraction of sp³-hybridized carbons (Fsp3) is 0.385. The zero-order valence-electron chi connectivity index (χ0n) is 10.5. The van der Waals surface area contributed by atoms with Gasteiger partial charge in [0.1, 0.15) is 0 Å². The van der Waals surface area contributed by atoms with E-state index < -0.39 is 0 Å². The Balaban J connectivity index is 2.27. The van der Waals surface area contributed by atoms with Gasteiger partial charge in [0, 0.05) is 18.4 Å². The van der Waals surface area contributed by atoms with Gasteiger partial charge in [-0.25, -0.2) is 5.43 Å². The van der Waals surface area contributed by atoms with Crippen molar-refractivity contribution in [3.05, 3.63) is 27.7 Å². The Morgan fingerprint density at radius 2 is 2.00 bits per heavy atom. The quantitative estimate of drug-likeness (QED) is 0.926. The maximum absolute atomic E-state index is 11.1. The Morgan fingerprint density at radius 1 is 1.32 bits per heavy atom. The van der Waals surface area contributed by atoms with Crippen LogP contribution in [0, 0.1) is 0 Å². The molecule has 0 saturated carbocycles. The number of nitrogens with one attached hydrogen (secondary N) is 1. The van der Waals surface area contributed by atoms with E-state index in [1.54, 1.807) is 12.1 Å². The number of amides is 1. The zero-order chi connectivity index (χ0) is 13.8. The molecule has 0 aromatic heterocycles. The topological polar surface area (TPSA) is 50.7 Å².